The van der Waals surface area contributed by atoms with Gasteiger partial charge in [-0.15, -0.1) is 0 Å². The van der Waals surface area contributed by atoms with Gasteiger partial charge in [-0.05, 0) is 31.0 Å². The van der Waals surface area contributed by atoms with Crippen molar-refractivity contribution in [3.8, 4) is 0 Å². The van der Waals surface area contributed by atoms with E-state index in [-0.39, 0.29) is 13.0 Å². The predicted octanol–water partition coefficient (Wildman–Crippen LogP) is 2.12. The van der Waals surface area contributed by atoms with E-state index >= 15 is 0 Å². The quantitative estimate of drug-likeness (QED) is 0.704. The maximum absolute atomic E-state index is 13.2. The second-order valence-electron chi connectivity index (χ2n) is 3.84. The lowest BCUT2D eigenvalue weighted by atomic mass is 10.2. The first-order chi connectivity index (χ1) is 8.49. The highest BCUT2D eigenvalue weighted by Gasteiger charge is 2.04. The molecule has 0 bridgehead atoms. The van der Waals surface area contributed by atoms with Gasteiger partial charge in [0.2, 0.25) is 0 Å². The number of carbonyl (C=O) groups excluding carboxylic acids is 1. The van der Waals surface area contributed by atoms with E-state index in [9.17, 15) is 14.0 Å². The first-order valence-electron chi connectivity index (χ1n) is 5.52. The molecule has 5 nitrogen and oxygen atoms in total. The predicted molar refractivity (Wildman–Crippen MR) is 65.0 cm³/mol. The molecule has 3 N–H and O–H groups in total. The summed E-state index contributed by atoms with van der Waals surface area (Å²) in [6, 6.07) is 3.90. The van der Waals surface area contributed by atoms with Crippen LogP contribution < -0.4 is 10.6 Å². The average molecular weight is 254 g/mol. The van der Waals surface area contributed by atoms with Crippen molar-refractivity contribution in [2.75, 3.05) is 11.9 Å². The second-order valence-corrected chi connectivity index (χ2v) is 3.84. The van der Waals surface area contributed by atoms with Crippen molar-refractivity contribution >= 4 is 17.7 Å². The molecule has 18 heavy (non-hydrogen) atoms. The van der Waals surface area contributed by atoms with E-state index < -0.39 is 17.8 Å². The fourth-order valence-corrected chi connectivity index (χ4v) is 1.29. The van der Waals surface area contributed by atoms with Crippen LogP contribution in [-0.4, -0.2) is 23.7 Å². The van der Waals surface area contributed by atoms with E-state index in [0.29, 0.717) is 17.7 Å². The van der Waals surface area contributed by atoms with Gasteiger partial charge >= 0.3 is 12.0 Å². The summed E-state index contributed by atoms with van der Waals surface area (Å²) in [4.78, 5) is 21.6. The number of hydrogen-bond acceptors (Lipinski definition) is 2. The van der Waals surface area contributed by atoms with Crippen LogP contribution >= 0.6 is 0 Å². The summed E-state index contributed by atoms with van der Waals surface area (Å²) in [5, 5.41) is 13.3. The highest BCUT2D eigenvalue weighted by atomic mass is 19.1. The summed E-state index contributed by atoms with van der Waals surface area (Å²) >= 11 is 0. The largest absolute Gasteiger partial charge is 0.481 e. The van der Waals surface area contributed by atoms with Crippen LogP contribution in [0.25, 0.3) is 0 Å². The van der Waals surface area contributed by atoms with Gasteiger partial charge in [-0.1, -0.05) is 6.07 Å². The van der Waals surface area contributed by atoms with E-state index in [2.05, 4.69) is 10.6 Å². The molecule has 0 heterocycles. The Kier molecular flexibility index (Phi) is 5.10. The molecule has 0 fully saturated rings. The monoisotopic (exact) mass is 254 g/mol. The number of aryl methyl sites for hydroxylation is 1. The minimum Gasteiger partial charge on any atom is -0.481 e. The molecule has 0 aliphatic rings. The van der Waals surface area contributed by atoms with E-state index in [1.54, 1.807) is 19.1 Å². The normalized spacial score (nSPS) is 9.89. The number of urea groups is 1. The lowest BCUT2D eigenvalue weighted by Crippen LogP contribution is -2.29. The molecule has 6 heteroatoms. The summed E-state index contributed by atoms with van der Waals surface area (Å²) in [6.45, 7) is 1.89. The van der Waals surface area contributed by atoms with Crippen LogP contribution in [0, 0.1) is 12.7 Å². The summed E-state index contributed by atoms with van der Waals surface area (Å²) in [7, 11) is 0. The molecule has 0 atom stereocenters. The molecule has 1 aromatic rings. The highest BCUT2D eigenvalue weighted by Crippen LogP contribution is 2.13. The molecule has 0 spiro atoms. The van der Waals surface area contributed by atoms with Crippen LogP contribution in [0.5, 0.6) is 0 Å². The van der Waals surface area contributed by atoms with Gasteiger partial charge in [-0.2, -0.15) is 0 Å². The van der Waals surface area contributed by atoms with E-state index in [0.717, 1.165) is 0 Å². The minimum absolute atomic E-state index is 0.000556. The van der Waals surface area contributed by atoms with Crippen LogP contribution in [0.1, 0.15) is 18.4 Å². The number of halogens is 1. The Morgan fingerprint density at radius 2 is 2.11 bits per heavy atom. The van der Waals surface area contributed by atoms with E-state index in [1.807, 2.05) is 0 Å². The Labute approximate surface area is 104 Å². The number of carboxylic acids is 1. The smallest absolute Gasteiger partial charge is 0.319 e. The van der Waals surface area contributed by atoms with E-state index in [4.69, 9.17) is 5.11 Å². The average Bonchev–Trinajstić information content (AvgIpc) is 2.29. The second kappa shape index (κ2) is 6.58. The number of aliphatic carboxylic acids is 1. The van der Waals surface area contributed by atoms with Gasteiger partial charge in [0.05, 0.1) is 0 Å². The molecule has 1 rings (SSSR count). The molecular weight excluding hydrogens is 239 g/mol. The Hall–Kier alpha value is -2.11. The molecule has 0 aromatic heterocycles. The number of benzene rings is 1. The fourth-order valence-electron chi connectivity index (χ4n) is 1.29. The first kappa shape index (κ1) is 14.0. The highest BCUT2D eigenvalue weighted by molar-refractivity contribution is 5.89. The van der Waals surface area contributed by atoms with Gasteiger partial charge in [-0.25, -0.2) is 9.18 Å². The molecule has 0 aliphatic carbocycles. The molecule has 0 saturated carbocycles. The van der Waals surface area contributed by atoms with Crippen molar-refractivity contribution < 1.29 is 19.1 Å². The van der Waals surface area contributed by atoms with Crippen molar-refractivity contribution in [2.45, 2.75) is 19.8 Å². The summed E-state index contributed by atoms with van der Waals surface area (Å²) in [5.41, 5.74) is 0.858. The number of carbonyl (C=O) groups is 2. The van der Waals surface area contributed by atoms with Crippen LogP contribution in [0.15, 0.2) is 18.2 Å². The van der Waals surface area contributed by atoms with Gasteiger partial charge < -0.3 is 15.7 Å². The zero-order valence-electron chi connectivity index (χ0n) is 10.00. The van der Waals surface area contributed by atoms with Crippen LogP contribution in [0.2, 0.25) is 0 Å². The molecule has 1 aromatic carbocycles. The SMILES string of the molecule is Cc1ccc(NC(=O)NCCCC(=O)O)cc1F. The topological polar surface area (TPSA) is 78.4 Å². The van der Waals surface area contributed by atoms with Gasteiger partial charge in [-0.3, -0.25) is 4.79 Å². The number of hydrogen-bond donors (Lipinski definition) is 3. The lowest BCUT2D eigenvalue weighted by molar-refractivity contribution is -0.137. The third-order valence-electron chi connectivity index (χ3n) is 2.28. The zero-order valence-corrected chi connectivity index (χ0v) is 10.00. The van der Waals surface area contributed by atoms with Gasteiger partial charge in [0.25, 0.3) is 0 Å². The van der Waals surface area contributed by atoms with Crippen LogP contribution in [0.4, 0.5) is 14.9 Å². The fraction of sp³-hybridized carbons (Fsp3) is 0.333. The molecule has 0 radical (unpaired) electrons. The Morgan fingerprint density at radius 3 is 2.72 bits per heavy atom. The summed E-state index contributed by atoms with van der Waals surface area (Å²) in [5.74, 6) is -1.29. The third-order valence-corrected chi connectivity index (χ3v) is 2.28. The maximum atomic E-state index is 13.2. The Bertz CT molecular complexity index is 449. The Morgan fingerprint density at radius 1 is 1.39 bits per heavy atom. The van der Waals surface area contributed by atoms with Crippen LogP contribution in [0.3, 0.4) is 0 Å². The van der Waals surface area contributed by atoms with Gasteiger partial charge in [0.15, 0.2) is 0 Å². The number of anilines is 1. The van der Waals surface area contributed by atoms with Crippen molar-refractivity contribution in [3.63, 3.8) is 0 Å². The summed E-state index contributed by atoms with van der Waals surface area (Å²) < 4.78 is 13.2. The minimum atomic E-state index is -0.905. The van der Waals surface area contributed by atoms with Gasteiger partial charge in [0.1, 0.15) is 5.82 Å². The summed E-state index contributed by atoms with van der Waals surface area (Å²) in [6.07, 6.45) is 0.352. The molecule has 0 saturated heterocycles. The standard InChI is InChI=1S/C12H15FN2O3/c1-8-4-5-9(7-10(8)13)15-12(18)14-6-2-3-11(16)17/h4-5,7H,2-3,6H2,1H3,(H,16,17)(H2,14,15,18). The zero-order chi connectivity index (χ0) is 13.5. The van der Waals surface area contributed by atoms with Crippen molar-refractivity contribution in [2.24, 2.45) is 0 Å². The Balaban J connectivity index is 2.35. The molecule has 0 aliphatic heterocycles. The molecule has 98 valence electrons. The first-order valence-corrected chi connectivity index (χ1v) is 5.52. The lowest BCUT2D eigenvalue weighted by Gasteiger charge is -2.07. The third kappa shape index (κ3) is 4.82. The molecule has 0 unspecified atom stereocenters. The number of rotatable bonds is 5. The van der Waals surface area contributed by atoms with Crippen molar-refractivity contribution in [1.29, 1.82) is 0 Å². The van der Waals surface area contributed by atoms with Crippen molar-refractivity contribution in [3.05, 3.63) is 29.6 Å². The van der Waals surface area contributed by atoms with Gasteiger partial charge in [0, 0.05) is 18.7 Å². The molecular formula is C12H15FN2O3. The van der Waals surface area contributed by atoms with E-state index in [1.165, 1.54) is 6.07 Å². The number of carboxylic acid groups (broad SMARTS) is 1. The maximum Gasteiger partial charge on any atom is 0.319 e. The van der Waals surface area contributed by atoms with Crippen molar-refractivity contribution in [1.82, 2.24) is 5.32 Å². The van der Waals surface area contributed by atoms with Crippen LogP contribution in [-0.2, 0) is 4.79 Å². The number of nitrogens with one attached hydrogen (secondary N) is 2. The number of amides is 2. The molecule has 2 amide bonds.